The van der Waals surface area contributed by atoms with E-state index in [1.165, 1.54) is 12.1 Å². The van der Waals surface area contributed by atoms with Crippen LogP contribution >= 0.6 is 0 Å². The fourth-order valence-corrected chi connectivity index (χ4v) is 3.35. The summed E-state index contributed by atoms with van der Waals surface area (Å²) in [6, 6.07) is 19.7. The summed E-state index contributed by atoms with van der Waals surface area (Å²) in [6.45, 7) is 1.55. The highest BCUT2D eigenvalue weighted by molar-refractivity contribution is 7.86. The van der Waals surface area contributed by atoms with Crippen molar-refractivity contribution in [1.29, 1.82) is 0 Å². The Kier molecular flexibility index (Phi) is 4.66. The largest absolute Gasteiger partial charge is 0.386 e. The Balaban J connectivity index is 1.74. The second-order valence-corrected chi connectivity index (χ2v) is 7.29. The van der Waals surface area contributed by atoms with Crippen LogP contribution in [0.15, 0.2) is 71.6 Å². The molecule has 0 saturated heterocycles. The molecule has 0 aliphatic heterocycles. The van der Waals surface area contributed by atoms with Crippen molar-refractivity contribution in [2.75, 3.05) is 6.61 Å². The number of aryl methyl sites for hydroxylation is 1. The first-order valence-corrected chi connectivity index (χ1v) is 8.99. The fourth-order valence-electron chi connectivity index (χ4n) is 2.44. The number of hydrogen-bond donors (Lipinski definition) is 1. The Morgan fingerprint density at radius 3 is 2.33 bits per heavy atom. The lowest BCUT2D eigenvalue weighted by molar-refractivity contribution is 0.111. The molecule has 1 atom stereocenters. The zero-order chi connectivity index (χ0) is 17.2. The molecular weight excluding hydrogens is 324 g/mol. The van der Waals surface area contributed by atoms with Crippen LogP contribution in [-0.2, 0) is 14.3 Å². The molecule has 1 N–H and O–H groups in total. The molecule has 5 heteroatoms. The van der Waals surface area contributed by atoms with Gasteiger partial charge in [-0.15, -0.1) is 0 Å². The van der Waals surface area contributed by atoms with Crippen LogP contribution in [0.2, 0.25) is 0 Å². The highest BCUT2D eigenvalue weighted by Gasteiger charge is 2.18. The van der Waals surface area contributed by atoms with Crippen LogP contribution in [0.1, 0.15) is 17.2 Å². The molecule has 0 aliphatic carbocycles. The molecule has 0 bridgehead atoms. The van der Waals surface area contributed by atoms with Crippen molar-refractivity contribution in [2.24, 2.45) is 0 Å². The third kappa shape index (κ3) is 3.64. The predicted octanol–water partition coefficient (Wildman–Crippen LogP) is 3.59. The van der Waals surface area contributed by atoms with E-state index in [4.69, 9.17) is 4.18 Å². The maximum atomic E-state index is 12.2. The molecule has 0 unspecified atom stereocenters. The maximum Gasteiger partial charge on any atom is 0.297 e. The van der Waals surface area contributed by atoms with Crippen LogP contribution in [0, 0.1) is 6.92 Å². The average molecular weight is 342 g/mol. The third-order valence-corrected chi connectivity index (χ3v) is 5.14. The number of fused-ring (bicyclic) bond motifs is 1. The van der Waals surface area contributed by atoms with Crippen LogP contribution in [0.4, 0.5) is 0 Å². The van der Waals surface area contributed by atoms with E-state index in [9.17, 15) is 13.5 Å². The Labute approximate surface area is 141 Å². The summed E-state index contributed by atoms with van der Waals surface area (Å²) in [5.41, 5.74) is 1.58. The summed E-state index contributed by atoms with van der Waals surface area (Å²) in [5, 5.41) is 12.3. The van der Waals surface area contributed by atoms with Gasteiger partial charge in [0.05, 0.1) is 11.5 Å². The molecular formula is C19H18O4S. The smallest absolute Gasteiger partial charge is 0.297 e. The van der Waals surface area contributed by atoms with Gasteiger partial charge in [-0.05, 0) is 41.5 Å². The van der Waals surface area contributed by atoms with Gasteiger partial charge in [0.25, 0.3) is 10.1 Å². The Morgan fingerprint density at radius 1 is 0.958 bits per heavy atom. The van der Waals surface area contributed by atoms with Crippen LogP contribution in [0.3, 0.4) is 0 Å². The van der Waals surface area contributed by atoms with Crippen molar-refractivity contribution in [2.45, 2.75) is 17.9 Å². The normalized spacial score (nSPS) is 13.1. The Hall–Kier alpha value is -2.21. The van der Waals surface area contributed by atoms with E-state index in [1.807, 2.05) is 43.3 Å². The monoisotopic (exact) mass is 342 g/mol. The van der Waals surface area contributed by atoms with Crippen LogP contribution in [0.25, 0.3) is 10.8 Å². The van der Waals surface area contributed by atoms with Gasteiger partial charge >= 0.3 is 0 Å². The Bertz CT molecular complexity index is 947. The number of hydrogen-bond acceptors (Lipinski definition) is 4. The molecule has 0 aromatic heterocycles. The van der Waals surface area contributed by atoms with Crippen molar-refractivity contribution in [1.82, 2.24) is 0 Å². The number of benzene rings is 3. The maximum absolute atomic E-state index is 12.2. The van der Waals surface area contributed by atoms with Gasteiger partial charge < -0.3 is 5.11 Å². The summed E-state index contributed by atoms with van der Waals surface area (Å²) in [6.07, 6.45) is -1.02. The zero-order valence-corrected chi connectivity index (χ0v) is 14.0. The Morgan fingerprint density at radius 2 is 1.62 bits per heavy atom. The van der Waals surface area contributed by atoms with Gasteiger partial charge in [-0.2, -0.15) is 8.42 Å². The molecule has 4 nitrogen and oxygen atoms in total. The molecule has 0 spiro atoms. The van der Waals surface area contributed by atoms with Crippen molar-refractivity contribution in [3.63, 3.8) is 0 Å². The molecule has 0 aliphatic rings. The van der Waals surface area contributed by atoms with E-state index in [-0.39, 0.29) is 11.5 Å². The van der Waals surface area contributed by atoms with Gasteiger partial charge in [0.1, 0.15) is 6.10 Å². The van der Waals surface area contributed by atoms with Crippen molar-refractivity contribution in [3.05, 3.63) is 77.9 Å². The van der Waals surface area contributed by atoms with Crippen LogP contribution in [-0.4, -0.2) is 20.1 Å². The molecule has 3 aromatic rings. The summed E-state index contributed by atoms with van der Waals surface area (Å²) in [7, 11) is -3.88. The lowest BCUT2D eigenvalue weighted by Gasteiger charge is -2.13. The highest BCUT2D eigenvalue weighted by Crippen LogP contribution is 2.22. The number of aliphatic hydroxyl groups excluding tert-OH is 1. The minimum atomic E-state index is -3.88. The lowest BCUT2D eigenvalue weighted by Crippen LogP contribution is -2.13. The van der Waals surface area contributed by atoms with Crippen LogP contribution in [0.5, 0.6) is 0 Å². The second-order valence-electron chi connectivity index (χ2n) is 5.67. The van der Waals surface area contributed by atoms with E-state index in [0.717, 1.165) is 16.3 Å². The summed E-state index contributed by atoms with van der Waals surface area (Å²) in [4.78, 5) is 0.0822. The minimum absolute atomic E-state index is 0.0822. The molecule has 0 saturated carbocycles. The zero-order valence-electron chi connectivity index (χ0n) is 13.2. The quantitative estimate of drug-likeness (QED) is 0.720. The molecule has 0 heterocycles. The van der Waals surface area contributed by atoms with Gasteiger partial charge in [0, 0.05) is 0 Å². The van der Waals surface area contributed by atoms with Gasteiger partial charge in [-0.3, -0.25) is 4.18 Å². The average Bonchev–Trinajstić information content (AvgIpc) is 2.59. The van der Waals surface area contributed by atoms with Gasteiger partial charge in [0.2, 0.25) is 0 Å². The minimum Gasteiger partial charge on any atom is -0.386 e. The first-order chi connectivity index (χ1) is 11.5. The van der Waals surface area contributed by atoms with Crippen molar-refractivity contribution in [3.8, 4) is 0 Å². The predicted molar refractivity (Wildman–Crippen MR) is 93.2 cm³/mol. The number of rotatable bonds is 5. The standard InChI is InChI=1S/C19H18O4S/c1-14-6-10-18(11-7-14)24(21,22)23-13-19(20)17-9-8-15-4-2-3-5-16(15)12-17/h2-12,19-20H,13H2,1H3/t19-/m1/s1. The SMILES string of the molecule is Cc1ccc(S(=O)(=O)OC[C@@H](O)c2ccc3ccccc3c2)cc1. The molecule has 0 amide bonds. The highest BCUT2D eigenvalue weighted by atomic mass is 32.2. The van der Waals surface area contributed by atoms with Crippen molar-refractivity contribution < 1.29 is 17.7 Å². The van der Waals surface area contributed by atoms with Crippen LogP contribution < -0.4 is 0 Å². The summed E-state index contributed by atoms with van der Waals surface area (Å²) >= 11 is 0. The molecule has 24 heavy (non-hydrogen) atoms. The van der Waals surface area contributed by atoms with E-state index >= 15 is 0 Å². The molecule has 124 valence electrons. The van der Waals surface area contributed by atoms with Crippen molar-refractivity contribution >= 4 is 20.9 Å². The van der Waals surface area contributed by atoms with Gasteiger partial charge in [-0.25, -0.2) is 0 Å². The van der Waals surface area contributed by atoms with E-state index < -0.39 is 16.2 Å². The second kappa shape index (κ2) is 6.73. The van der Waals surface area contributed by atoms with E-state index in [0.29, 0.717) is 5.56 Å². The molecule has 0 radical (unpaired) electrons. The molecule has 3 rings (SSSR count). The van der Waals surface area contributed by atoms with Gasteiger partial charge in [0.15, 0.2) is 0 Å². The fraction of sp³-hybridized carbons (Fsp3) is 0.158. The topological polar surface area (TPSA) is 63.6 Å². The lowest BCUT2D eigenvalue weighted by atomic mass is 10.0. The molecule has 0 fully saturated rings. The number of aliphatic hydroxyl groups is 1. The molecule has 3 aromatic carbocycles. The first-order valence-electron chi connectivity index (χ1n) is 7.58. The van der Waals surface area contributed by atoms with E-state index in [1.54, 1.807) is 18.2 Å². The summed E-state index contributed by atoms with van der Waals surface area (Å²) < 4.78 is 29.3. The van der Waals surface area contributed by atoms with Gasteiger partial charge in [-0.1, -0.05) is 54.1 Å². The third-order valence-electron chi connectivity index (χ3n) is 3.85. The first kappa shape index (κ1) is 16.6. The summed E-state index contributed by atoms with van der Waals surface area (Å²) in [5.74, 6) is 0. The van der Waals surface area contributed by atoms with E-state index in [2.05, 4.69) is 0 Å².